The van der Waals surface area contributed by atoms with Gasteiger partial charge in [0.1, 0.15) is 16.4 Å². The summed E-state index contributed by atoms with van der Waals surface area (Å²) >= 11 is 1.14. The smallest absolute Gasteiger partial charge is 0.416 e. The van der Waals surface area contributed by atoms with Crippen LogP contribution in [-0.2, 0) is 19.1 Å². The minimum absolute atomic E-state index is 0.216. The maximum Gasteiger partial charge on any atom is 0.416 e. The first-order valence-corrected chi connectivity index (χ1v) is 9.71. The summed E-state index contributed by atoms with van der Waals surface area (Å²) < 4.78 is 49.0. The second kappa shape index (κ2) is 9.17. The van der Waals surface area contributed by atoms with Crippen LogP contribution in [0.4, 0.5) is 13.2 Å². The van der Waals surface area contributed by atoms with E-state index in [1.54, 1.807) is 31.4 Å². The number of alkyl halides is 3. The molecule has 0 bridgehead atoms. The van der Waals surface area contributed by atoms with Gasteiger partial charge in [0.05, 0.1) is 31.0 Å². The number of methoxy groups -OCH3 is 2. The number of amides is 1. The lowest BCUT2D eigenvalue weighted by atomic mass is 10.1. The maximum atomic E-state index is 12.9. The molecular formula is C21H19F3N2O3S. The van der Waals surface area contributed by atoms with E-state index in [1.807, 2.05) is 0 Å². The van der Waals surface area contributed by atoms with Gasteiger partial charge in [0.25, 0.3) is 5.91 Å². The van der Waals surface area contributed by atoms with Crippen molar-refractivity contribution in [2.24, 2.45) is 0 Å². The number of nitrogens with zero attached hydrogens (tertiary/aromatic N) is 1. The number of hydrogen-bond acceptors (Lipinski definition) is 5. The molecule has 0 saturated heterocycles. The van der Waals surface area contributed by atoms with Gasteiger partial charge in [0, 0.05) is 24.6 Å². The van der Waals surface area contributed by atoms with Crippen molar-refractivity contribution in [3.63, 3.8) is 0 Å². The van der Waals surface area contributed by atoms with Crippen LogP contribution in [-0.4, -0.2) is 25.1 Å². The average Bonchev–Trinajstić information content (AvgIpc) is 3.20. The molecule has 0 aliphatic rings. The normalized spacial score (nSPS) is 11.2. The Kier molecular flexibility index (Phi) is 6.61. The number of hydrogen-bond donors (Lipinski definition) is 1. The first-order chi connectivity index (χ1) is 14.3. The molecule has 3 rings (SSSR count). The average molecular weight is 436 g/mol. The van der Waals surface area contributed by atoms with Gasteiger partial charge in [0.2, 0.25) is 0 Å². The van der Waals surface area contributed by atoms with E-state index in [0.29, 0.717) is 26.9 Å². The lowest BCUT2D eigenvalue weighted by Crippen LogP contribution is -2.22. The van der Waals surface area contributed by atoms with Crippen molar-refractivity contribution in [2.45, 2.75) is 19.1 Å². The van der Waals surface area contributed by atoms with Crippen molar-refractivity contribution in [2.75, 3.05) is 14.2 Å². The topological polar surface area (TPSA) is 60.5 Å². The number of benzene rings is 2. The number of ether oxygens (including phenoxy) is 2. The number of halogens is 3. The molecule has 158 valence electrons. The number of aromatic nitrogens is 1. The summed E-state index contributed by atoms with van der Waals surface area (Å²) in [5, 5.41) is 3.35. The molecule has 1 N–H and O–H groups in total. The predicted molar refractivity (Wildman–Crippen MR) is 107 cm³/mol. The molecule has 0 atom stereocenters. The first-order valence-electron chi connectivity index (χ1n) is 8.90. The van der Waals surface area contributed by atoms with Crippen LogP contribution in [0.15, 0.2) is 48.7 Å². The highest BCUT2D eigenvalue weighted by molar-refractivity contribution is 7.13. The lowest BCUT2D eigenvalue weighted by molar-refractivity contribution is -0.137. The molecule has 1 amide bonds. The number of rotatable bonds is 7. The standard InChI is InChI=1S/C21H19F3N2O3S/c1-28-16-7-6-14(17(10-16)29-2)11-26-20(27)18-12-25-19(30-18)9-13-4-3-5-15(8-13)21(22,23)24/h3-8,10,12H,9,11H2,1-2H3,(H,26,27). The fraction of sp³-hybridized carbons (Fsp3) is 0.238. The van der Waals surface area contributed by atoms with E-state index in [-0.39, 0.29) is 18.9 Å². The molecular weight excluding hydrogens is 417 g/mol. The molecule has 0 spiro atoms. The zero-order chi connectivity index (χ0) is 21.7. The quantitative estimate of drug-likeness (QED) is 0.583. The Labute approximate surface area is 175 Å². The molecule has 5 nitrogen and oxygen atoms in total. The van der Waals surface area contributed by atoms with Crippen LogP contribution in [0, 0.1) is 0 Å². The second-order valence-corrected chi connectivity index (χ2v) is 7.47. The zero-order valence-corrected chi connectivity index (χ0v) is 17.1. The molecule has 1 aromatic heterocycles. The molecule has 0 radical (unpaired) electrons. The number of thiazole rings is 1. The summed E-state index contributed by atoms with van der Waals surface area (Å²) in [7, 11) is 3.08. The molecule has 0 saturated carbocycles. The molecule has 2 aromatic carbocycles. The van der Waals surface area contributed by atoms with Gasteiger partial charge in [-0.25, -0.2) is 4.98 Å². The predicted octanol–water partition coefficient (Wildman–Crippen LogP) is 4.70. The largest absolute Gasteiger partial charge is 0.497 e. The maximum absolute atomic E-state index is 12.9. The summed E-state index contributed by atoms with van der Waals surface area (Å²) in [4.78, 5) is 17.0. The van der Waals surface area contributed by atoms with Crippen LogP contribution in [0.2, 0.25) is 0 Å². The van der Waals surface area contributed by atoms with Crippen molar-refractivity contribution in [1.82, 2.24) is 10.3 Å². The molecule has 9 heteroatoms. The molecule has 3 aromatic rings. The minimum Gasteiger partial charge on any atom is -0.497 e. The Bertz CT molecular complexity index is 1030. The van der Waals surface area contributed by atoms with Crippen LogP contribution < -0.4 is 14.8 Å². The van der Waals surface area contributed by atoms with Crippen LogP contribution in [0.5, 0.6) is 11.5 Å². The summed E-state index contributed by atoms with van der Waals surface area (Å²) in [6.45, 7) is 0.243. The Morgan fingerprint density at radius 2 is 1.93 bits per heavy atom. The van der Waals surface area contributed by atoms with Gasteiger partial charge in [-0.1, -0.05) is 18.2 Å². The number of carbonyl (C=O) groups excluding carboxylic acids is 1. The summed E-state index contributed by atoms with van der Waals surface area (Å²) in [6.07, 6.45) is -2.76. The highest BCUT2D eigenvalue weighted by Crippen LogP contribution is 2.30. The highest BCUT2D eigenvalue weighted by Gasteiger charge is 2.30. The second-order valence-electron chi connectivity index (χ2n) is 6.35. The highest BCUT2D eigenvalue weighted by atomic mass is 32.1. The third-order valence-corrected chi connectivity index (χ3v) is 5.32. The van der Waals surface area contributed by atoms with Gasteiger partial charge in [-0.05, 0) is 23.8 Å². The molecule has 0 aliphatic carbocycles. The van der Waals surface area contributed by atoms with Crippen LogP contribution in [0.3, 0.4) is 0 Å². The molecule has 0 aliphatic heterocycles. The van der Waals surface area contributed by atoms with E-state index in [9.17, 15) is 18.0 Å². The molecule has 30 heavy (non-hydrogen) atoms. The Morgan fingerprint density at radius 1 is 1.13 bits per heavy atom. The van der Waals surface area contributed by atoms with E-state index >= 15 is 0 Å². The van der Waals surface area contributed by atoms with Crippen molar-refractivity contribution in [3.8, 4) is 11.5 Å². The monoisotopic (exact) mass is 436 g/mol. The van der Waals surface area contributed by atoms with Crippen molar-refractivity contribution in [3.05, 3.63) is 75.2 Å². The van der Waals surface area contributed by atoms with Gasteiger partial charge < -0.3 is 14.8 Å². The summed E-state index contributed by atoms with van der Waals surface area (Å²) in [5.41, 5.74) is 0.553. The Balaban J connectivity index is 1.64. The van der Waals surface area contributed by atoms with E-state index in [1.165, 1.54) is 19.4 Å². The van der Waals surface area contributed by atoms with E-state index in [2.05, 4.69) is 10.3 Å². The fourth-order valence-electron chi connectivity index (χ4n) is 2.79. The SMILES string of the molecule is COc1ccc(CNC(=O)c2cnc(Cc3cccc(C(F)(F)F)c3)s2)c(OC)c1. The summed E-state index contributed by atoms with van der Waals surface area (Å²) in [5.74, 6) is 0.911. The van der Waals surface area contributed by atoms with Crippen molar-refractivity contribution in [1.29, 1.82) is 0 Å². The van der Waals surface area contributed by atoms with Crippen molar-refractivity contribution >= 4 is 17.2 Å². The van der Waals surface area contributed by atoms with Gasteiger partial charge in [-0.15, -0.1) is 11.3 Å². The fourth-order valence-corrected chi connectivity index (χ4v) is 3.66. The van der Waals surface area contributed by atoms with E-state index in [0.717, 1.165) is 29.0 Å². The van der Waals surface area contributed by atoms with Crippen molar-refractivity contribution < 1.29 is 27.4 Å². The van der Waals surface area contributed by atoms with Gasteiger partial charge in [0.15, 0.2) is 0 Å². The molecule has 0 unspecified atom stereocenters. The van der Waals surface area contributed by atoms with E-state index in [4.69, 9.17) is 9.47 Å². The minimum atomic E-state index is -4.40. The van der Waals surface area contributed by atoms with Gasteiger partial charge >= 0.3 is 6.18 Å². The third-order valence-electron chi connectivity index (χ3n) is 4.32. The van der Waals surface area contributed by atoms with Gasteiger partial charge in [-0.2, -0.15) is 13.2 Å². The third kappa shape index (κ3) is 5.29. The molecule has 0 fully saturated rings. The first kappa shape index (κ1) is 21.6. The Morgan fingerprint density at radius 3 is 2.63 bits per heavy atom. The van der Waals surface area contributed by atoms with E-state index < -0.39 is 11.7 Å². The Hall–Kier alpha value is -3.07. The zero-order valence-electron chi connectivity index (χ0n) is 16.2. The van der Waals surface area contributed by atoms with Crippen LogP contribution in [0.1, 0.15) is 31.4 Å². The number of carbonyl (C=O) groups is 1. The van der Waals surface area contributed by atoms with Crippen LogP contribution >= 0.6 is 11.3 Å². The van der Waals surface area contributed by atoms with Gasteiger partial charge in [-0.3, -0.25) is 4.79 Å². The lowest BCUT2D eigenvalue weighted by Gasteiger charge is -2.10. The molecule has 1 heterocycles. The number of nitrogens with one attached hydrogen (secondary N) is 1. The summed E-state index contributed by atoms with van der Waals surface area (Å²) in [6, 6.07) is 10.4. The van der Waals surface area contributed by atoms with Crippen LogP contribution in [0.25, 0.3) is 0 Å².